The molecule has 180 valence electrons. The molecule has 9 heteroatoms. The number of aromatic nitrogens is 3. The van der Waals surface area contributed by atoms with Gasteiger partial charge >= 0.3 is 0 Å². The van der Waals surface area contributed by atoms with Crippen LogP contribution in [0, 0.1) is 6.92 Å². The van der Waals surface area contributed by atoms with Crippen molar-refractivity contribution in [3.05, 3.63) is 88.9 Å². The van der Waals surface area contributed by atoms with Crippen molar-refractivity contribution in [1.29, 1.82) is 0 Å². The second-order valence-electron chi connectivity index (χ2n) is 8.07. The molecule has 0 aliphatic rings. The Labute approximate surface area is 208 Å². The van der Waals surface area contributed by atoms with E-state index in [0.29, 0.717) is 34.9 Å². The number of aryl methyl sites for hydroxylation is 1. The third kappa shape index (κ3) is 5.67. The molecule has 1 atom stereocenters. The Bertz CT molecular complexity index is 1300. The third-order valence-electron chi connectivity index (χ3n) is 5.58. The Morgan fingerprint density at radius 1 is 1.06 bits per heavy atom. The number of nitrogens with one attached hydrogen (secondary N) is 1. The molecule has 3 aromatic carbocycles. The fraction of sp³-hybridized carbons (Fsp3) is 0.231. The summed E-state index contributed by atoms with van der Waals surface area (Å²) < 4.78 is 6.62. The molecular weight excluding hydrogens is 466 g/mol. The van der Waals surface area contributed by atoms with E-state index in [1.165, 1.54) is 9.58 Å². The van der Waals surface area contributed by atoms with Crippen LogP contribution in [0.1, 0.15) is 17.2 Å². The Morgan fingerprint density at radius 3 is 2.49 bits per heavy atom. The average molecular weight is 492 g/mol. The number of para-hydroxylation sites is 1. The Kier molecular flexibility index (Phi) is 7.74. The van der Waals surface area contributed by atoms with Gasteiger partial charge in [-0.1, -0.05) is 58.8 Å². The molecule has 0 aliphatic carbocycles. The van der Waals surface area contributed by atoms with Gasteiger partial charge in [0.15, 0.2) is 0 Å². The van der Waals surface area contributed by atoms with Crippen LogP contribution in [0.5, 0.6) is 0 Å². The van der Waals surface area contributed by atoms with Crippen LogP contribution in [0.3, 0.4) is 0 Å². The molecule has 0 saturated carbocycles. The molecule has 0 aliphatic heterocycles. The number of hydrogen-bond acceptors (Lipinski definition) is 5. The van der Waals surface area contributed by atoms with Crippen LogP contribution in [0.25, 0.3) is 11.0 Å². The minimum Gasteiger partial charge on any atom is -0.383 e. The first kappa shape index (κ1) is 24.4. The Balaban J connectivity index is 1.76. The van der Waals surface area contributed by atoms with Crippen molar-refractivity contribution in [3.8, 4) is 0 Å². The van der Waals surface area contributed by atoms with E-state index in [2.05, 4.69) is 15.6 Å². The lowest BCUT2D eigenvalue weighted by molar-refractivity contribution is -0.127. The molecule has 0 saturated heterocycles. The van der Waals surface area contributed by atoms with E-state index in [9.17, 15) is 9.59 Å². The summed E-state index contributed by atoms with van der Waals surface area (Å²) in [5.41, 5.74) is 3.68. The summed E-state index contributed by atoms with van der Waals surface area (Å²) in [5, 5.41) is 11.7. The summed E-state index contributed by atoms with van der Waals surface area (Å²) >= 11 is 6.12. The maximum atomic E-state index is 13.9. The van der Waals surface area contributed by atoms with Gasteiger partial charge in [-0.2, -0.15) is 0 Å². The Hall–Kier alpha value is -3.75. The molecule has 4 rings (SSSR count). The maximum Gasteiger partial charge on any atom is 0.249 e. The van der Waals surface area contributed by atoms with Crippen molar-refractivity contribution in [2.75, 3.05) is 25.2 Å². The predicted octanol–water partition coefficient (Wildman–Crippen LogP) is 3.93. The van der Waals surface area contributed by atoms with Gasteiger partial charge in [0.25, 0.3) is 0 Å². The molecule has 1 aromatic heterocycles. The number of ether oxygens (including phenoxy) is 1. The van der Waals surface area contributed by atoms with Crippen molar-refractivity contribution in [3.63, 3.8) is 0 Å². The number of carbonyl (C=O) groups is 2. The summed E-state index contributed by atoms with van der Waals surface area (Å²) in [6, 6.07) is 20.9. The number of fused-ring (bicyclic) bond motifs is 1. The van der Waals surface area contributed by atoms with Crippen molar-refractivity contribution < 1.29 is 14.3 Å². The van der Waals surface area contributed by atoms with E-state index in [4.69, 9.17) is 16.3 Å². The molecule has 35 heavy (non-hydrogen) atoms. The van der Waals surface area contributed by atoms with E-state index < -0.39 is 6.04 Å². The van der Waals surface area contributed by atoms with Gasteiger partial charge in [-0.15, -0.1) is 5.10 Å². The number of benzene rings is 3. The molecule has 1 heterocycles. The average Bonchev–Trinajstić information content (AvgIpc) is 3.27. The molecule has 8 nitrogen and oxygen atoms in total. The van der Waals surface area contributed by atoms with Gasteiger partial charge in [-0.05, 0) is 48.9 Å². The minimum atomic E-state index is -0.920. The first-order valence-electron chi connectivity index (χ1n) is 11.2. The maximum absolute atomic E-state index is 13.9. The lowest BCUT2D eigenvalue weighted by Crippen LogP contribution is -2.46. The number of methoxy groups -OCH3 is 1. The predicted molar refractivity (Wildman–Crippen MR) is 135 cm³/mol. The molecule has 1 N–H and O–H groups in total. The van der Waals surface area contributed by atoms with E-state index >= 15 is 0 Å². The first-order valence-corrected chi connectivity index (χ1v) is 11.5. The zero-order valence-electron chi connectivity index (χ0n) is 19.5. The number of anilines is 1. The fourth-order valence-electron chi connectivity index (χ4n) is 3.82. The van der Waals surface area contributed by atoms with E-state index in [1.807, 2.05) is 55.5 Å². The summed E-state index contributed by atoms with van der Waals surface area (Å²) in [4.78, 5) is 28.8. The molecule has 0 unspecified atom stereocenters. The second-order valence-corrected chi connectivity index (χ2v) is 8.51. The monoisotopic (exact) mass is 491 g/mol. The topological polar surface area (TPSA) is 89.4 Å². The van der Waals surface area contributed by atoms with Gasteiger partial charge < -0.3 is 10.1 Å². The molecular formula is C26H26ClN5O3. The summed E-state index contributed by atoms with van der Waals surface area (Å²) in [6.07, 6.45) is 0. The van der Waals surface area contributed by atoms with E-state index in [1.54, 1.807) is 31.4 Å². The quantitative estimate of drug-likeness (QED) is 0.358. The lowest BCUT2D eigenvalue weighted by atomic mass is 10.0. The molecule has 0 spiro atoms. The van der Waals surface area contributed by atoms with Crippen LogP contribution in [0.15, 0.2) is 72.8 Å². The molecule has 0 bridgehead atoms. The zero-order chi connectivity index (χ0) is 24.8. The molecule has 0 fully saturated rings. The fourth-order valence-corrected chi connectivity index (χ4v) is 3.94. The lowest BCUT2D eigenvalue weighted by Gasteiger charge is -2.31. The highest BCUT2D eigenvalue weighted by Gasteiger charge is 2.33. The highest BCUT2D eigenvalue weighted by atomic mass is 35.5. The summed E-state index contributed by atoms with van der Waals surface area (Å²) in [6.45, 7) is 2.53. The molecule has 2 amide bonds. The first-order chi connectivity index (χ1) is 17.0. The second kappa shape index (κ2) is 11.1. The van der Waals surface area contributed by atoms with Crippen LogP contribution in [-0.2, 0) is 20.9 Å². The van der Waals surface area contributed by atoms with Crippen LogP contribution >= 0.6 is 11.6 Å². The van der Waals surface area contributed by atoms with E-state index in [0.717, 1.165) is 11.1 Å². The van der Waals surface area contributed by atoms with Gasteiger partial charge in [0.2, 0.25) is 11.8 Å². The van der Waals surface area contributed by atoms with Crippen LogP contribution in [-0.4, -0.2) is 47.1 Å². The van der Waals surface area contributed by atoms with Gasteiger partial charge in [0.1, 0.15) is 18.1 Å². The number of nitrogens with zero attached hydrogens (tertiary/aromatic N) is 4. The normalized spacial score (nSPS) is 11.9. The van der Waals surface area contributed by atoms with Crippen LogP contribution in [0.4, 0.5) is 5.69 Å². The summed E-state index contributed by atoms with van der Waals surface area (Å²) in [5.74, 6) is -0.645. The number of carbonyl (C=O) groups excluding carboxylic acids is 2. The Morgan fingerprint density at radius 2 is 1.77 bits per heavy atom. The molecule has 0 radical (unpaired) electrons. The third-order valence-corrected chi connectivity index (χ3v) is 5.84. The number of halogens is 1. The van der Waals surface area contributed by atoms with Gasteiger partial charge in [0.05, 0.1) is 12.1 Å². The number of amides is 2. The summed E-state index contributed by atoms with van der Waals surface area (Å²) in [7, 11) is 1.57. The minimum absolute atomic E-state index is 0.100. The van der Waals surface area contributed by atoms with Gasteiger partial charge in [0, 0.05) is 24.4 Å². The number of rotatable bonds is 9. The largest absolute Gasteiger partial charge is 0.383 e. The molecule has 4 aromatic rings. The van der Waals surface area contributed by atoms with E-state index in [-0.39, 0.29) is 18.4 Å². The SMILES string of the molecule is COCCNC(=O)[C@@H](c1ccc(C)cc1)N(C(=O)Cn1nnc2ccccc21)c1ccc(Cl)cc1. The van der Waals surface area contributed by atoms with Gasteiger partial charge in [-0.3, -0.25) is 14.5 Å². The standard InChI is InChI=1S/C26H26ClN5O3/c1-18-7-9-19(10-8-18)25(26(34)28-15-16-35-2)32(21-13-11-20(27)12-14-21)24(33)17-31-23-6-4-3-5-22(23)29-30-31/h3-14,25H,15-17H2,1-2H3,(H,28,34)/t25-/m1/s1. The highest BCUT2D eigenvalue weighted by molar-refractivity contribution is 6.30. The zero-order valence-corrected chi connectivity index (χ0v) is 20.3. The smallest absolute Gasteiger partial charge is 0.249 e. The number of hydrogen-bond donors (Lipinski definition) is 1. The van der Waals surface area contributed by atoms with Crippen LogP contribution < -0.4 is 10.2 Å². The van der Waals surface area contributed by atoms with Crippen molar-refractivity contribution in [2.24, 2.45) is 0 Å². The van der Waals surface area contributed by atoms with Crippen molar-refractivity contribution in [1.82, 2.24) is 20.3 Å². The highest BCUT2D eigenvalue weighted by Crippen LogP contribution is 2.30. The van der Waals surface area contributed by atoms with Crippen molar-refractivity contribution >= 4 is 40.1 Å². The van der Waals surface area contributed by atoms with Crippen molar-refractivity contribution in [2.45, 2.75) is 19.5 Å². The van der Waals surface area contributed by atoms with Gasteiger partial charge in [-0.25, -0.2) is 4.68 Å². The van der Waals surface area contributed by atoms with Crippen LogP contribution in [0.2, 0.25) is 5.02 Å².